The van der Waals surface area contributed by atoms with E-state index in [0.717, 1.165) is 0 Å². The van der Waals surface area contributed by atoms with Gasteiger partial charge in [-0.1, -0.05) is 24.3 Å². The van der Waals surface area contributed by atoms with Crippen LogP contribution in [0.1, 0.15) is 0 Å². The highest BCUT2D eigenvalue weighted by molar-refractivity contribution is 6.46. The number of carbonyl (C=O) groups excluding carboxylic acids is 4. The van der Waals surface area contributed by atoms with Crippen LogP contribution in [0.15, 0.2) is 24.3 Å². The molecule has 2 heterocycles. The number of fused-ring (bicyclic) bond motifs is 1. The van der Waals surface area contributed by atoms with Crippen molar-refractivity contribution >= 4 is 45.7 Å². The summed E-state index contributed by atoms with van der Waals surface area (Å²) in [6.07, 6.45) is 0. The van der Waals surface area contributed by atoms with Gasteiger partial charge in [-0.05, 0) is 0 Å². The van der Waals surface area contributed by atoms with Gasteiger partial charge in [0.1, 0.15) is 17.2 Å². The molecule has 124 valence electrons. The third-order valence-electron chi connectivity index (χ3n) is 3.69. The third-order valence-corrected chi connectivity index (χ3v) is 3.69. The zero-order valence-corrected chi connectivity index (χ0v) is 12.9. The molecule has 0 unspecified atom stereocenters. The fourth-order valence-corrected chi connectivity index (χ4v) is 2.61. The molecule has 1 aromatic heterocycles. The van der Waals surface area contributed by atoms with Crippen LogP contribution in [0.5, 0.6) is 0 Å². The summed E-state index contributed by atoms with van der Waals surface area (Å²) in [5.74, 6) is -2.35. The lowest BCUT2D eigenvalue weighted by atomic mass is 10.1. The van der Waals surface area contributed by atoms with Crippen molar-refractivity contribution in [2.24, 2.45) is 0 Å². The van der Waals surface area contributed by atoms with E-state index >= 15 is 0 Å². The Morgan fingerprint density at radius 3 is 2.24 bits per heavy atom. The standard InChI is InChI=1S/C16H11N5O4/c1-18-13(22)9(6-17)11-7-4-2-3-5-8(7)12(19-11)10-14(23)20-16(25)21-15(10)24/h2-5,19H,1H3,(H,18,22)(H2,20,21,23,24,25)/b11-9+. The Kier molecular flexibility index (Phi) is 3.79. The molecule has 0 radical (unpaired) electrons. The largest absolute Gasteiger partial charge is 0.354 e. The van der Waals surface area contributed by atoms with Crippen molar-refractivity contribution in [3.8, 4) is 6.07 Å². The molecular weight excluding hydrogens is 326 g/mol. The zero-order chi connectivity index (χ0) is 18.1. The number of urea groups is 1. The van der Waals surface area contributed by atoms with E-state index in [1.165, 1.54) is 7.05 Å². The second kappa shape index (κ2) is 5.93. The lowest BCUT2D eigenvalue weighted by molar-refractivity contribution is -0.121. The number of carbonyl (C=O) groups is 4. The number of barbiturate groups is 1. The average Bonchev–Trinajstić information content (AvgIpc) is 2.94. The molecule has 2 aromatic rings. The van der Waals surface area contributed by atoms with E-state index in [0.29, 0.717) is 10.8 Å². The number of H-pyrrole nitrogens is 1. The Hall–Kier alpha value is -3.93. The van der Waals surface area contributed by atoms with Gasteiger partial charge in [0.2, 0.25) is 0 Å². The van der Waals surface area contributed by atoms with Crippen LogP contribution in [0.3, 0.4) is 0 Å². The number of nitrogens with zero attached hydrogens (tertiary/aromatic N) is 1. The molecule has 9 nitrogen and oxygen atoms in total. The summed E-state index contributed by atoms with van der Waals surface area (Å²) in [5, 5.41) is 16.9. The molecule has 1 saturated heterocycles. The van der Waals surface area contributed by atoms with E-state index in [1.54, 1.807) is 24.3 Å². The summed E-state index contributed by atoms with van der Waals surface area (Å²) >= 11 is 0. The Morgan fingerprint density at radius 2 is 1.68 bits per heavy atom. The second-order valence-electron chi connectivity index (χ2n) is 5.10. The van der Waals surface area contributed by atoms with E-state index in [1.807, 2.05) is 16.7 Å². The molecule has 0 saturated carbocycles. The third kappa shape index (κ3) is 2.51. The highest BCUT2D eigenvalue weighted by atomic mass is 16.2. The van der Waals surface area contributed by atoms with Crippen LogP contribution >= 0.6 is 0 Å². The summed E-state index contributed by atoms with van der Waals surface area (Å²) in [4.78, 5) is 50.2. The van der Waals surface area contributed by atoms with Crippen molar-refractivity contribution in [1.29, 1.82) is 5.26 Å². The SMILES string of the molecule is CNC(=O)/C(C#N)=c1/[nH]c(=C2C(=O)NC(=O)NC2=O)c2ccccc12. The van der Waals surface area contributed by atoms with E-state index in [2.05, 4.69) is 10.3 Å². The van der Waals surface area contributed by atoms with Crippen LogP contribution in [0, 0.1) is 11.3 Å². The Morgan fingerprint density at radius 1 is 1.08 bits per heavy atom. The van der Waals surface area contributed by atoms with Gasteiger partial charge in [0, 0.05) is 17.8 Å². The van der Waals surface area contributed by atoms with Crippen molar-refractivity contribution in [2.75, 3.05) is 7.05 Å². The predicted molar refractivity (Wildman–Crippen MR) is 85.7 cm³/mol. The topological polar surface area (TPSA) is 144 Å². The molecule has 3 rings (SSSR count). The summed E-state index contributed by atoms with van der Waals surface area (Å²) in [6, 6.07) is 7.56. The maximum Gasteiger partial charge on any atom is 0.328 e. The van der Waals surface area contributed by atoms with Crippen molar-refractivity contribution in [1.82, 2.24) is 20.9 Å². The van der Waals surface area contributed by atoms with E-state index in [4.69, 9.17) is 0 Å². The summed E-state index contributed by atoms with van der Waals surface area (Å²) in [6.45, 7) is 0. The molecule has 0 bridgehead atoms. The molecule has 1 fully saturated rings. The van der Waals surface area contributed by atoms with Crippen molar-refractivity contribution in [3.05, 3.63) is 35.0 Å². The number of imide groups is 2. The highest BCUT2D eigenvalue weighted by Gasteiger charge is 2.30. The monoisotopic (exact) mass is 337 g/mol. The van der Waals surface area contributed by atoms with Crippen LogP contribution in [0.2, 0.25) is 0 Å². The number of benzene rings is 1. The van der Waals surface area contributed by atoms with Crippen LogP contribution in [-0.2, 0) is 14.4 Å². The maximum atomic E-state index is 12.1. The molecule has 1 aliphatic rings. The van der Waals surface area contributed by atoms with Gasteiger partial charge in [0.15, 0.2) is 0 Å². The second-order valence-corrected chi connectivity index (χ2v) is 5.10. The van der Waals surface area contributed by atoms with Crippen LogP contribution in [0.25, 0.3) is 21.9 Å². The number of hydrogen-bond acceptors (Lipinski definition) is 5. The molecule has 0 atom stereocenters. The van der Waals surface area contributed by atoms with Crippen molar-refractivity contribution < 1.29 is 19.2 Å². The van der Waals surface area contributed by atoms with E-state index in [-0.39, 0.29) is 21.8 Å². The zero-order valence-electron chi connectivity index (χ0n) is 12.9. The van der Waals surface area contributed by atoms with Gasteiger partial charge in [0.05, 0.1) is 10.7 Å². The number of amides is 5. The first-order chi connectivity index (χ1) is 12.0. The molecule has 25 heavy (non-hydrogen) atoms. The highest BCUT2D eigenvalue weighted by Crippen LogP contribution is 2.08. The summed E-state index contributed by atoms with van der Waals surface area (Å²) in [7, 11) is 1.38. The summed E-state index contributed by atoms with van der Waals surface area (Å²) < 4.78 is 0. The minimum absolute atomic E-state index is 0.116. The van der Waals surface area contributed by atoms with Gasteiger partial charge >= 0.3 is 6.03 Å². The number of hydrogen-bond donors (Lipinski definition) is 4. The van der Waals surface area contributed by atoms with Crippen molar-refractivity contribution in [3.63, 3.8) is 0 Å². The molecule has 0 spiro atoms. The predicted octanol–water partition coefficient (Wildman–Crippen LogP) is -1.90. The van der Waals surface area contributed by atoms with Crippen LogP contribution in [0.4, 0.5) is 4.79 Å². The Labute approximate surface area is 140 Å². The first kappa shape index (κ1) is 15.9. The smallest absolute Gasteiger partial charge is 0.328 e. The molecule has 5 amide bonds. The lowest BCUT2D eigenvalue weighted by Crippen LogP contribution is -2.52. The molecular formula is C16H11N5O4. The van der Waals surface area contributed by atoms with Gasteiger partial charge in [-0.25, -0.2) is 4.79 Å². The normalized spacial score (nSPS) is 15.4. The fourth-order valence-electron chi connectivity index (χ4n) is 2.61. The van der Waals surface area contributed by atoms with E-state index in [9.17, 15) is 24.4 Å². The average molecular weight is 337 g/mol. The van der Waals surface area contributed by atoms with Gasteiger partial charge in [0.25, 0.3) is 17.7 Å². The molecule has 0 aliphatic carbocycles. The Balaban J connectivity index is 2.51. The van der Waals surface area contributed by atoms with Crippen LogP contribution in [-0.4, -0.2) is 35.8 Å². The maximum absolute atomic E-state index is 12.1. The minimum atomic E-state index is -0.913. The number of aromatic nitrogens is 1. The molecule has 1 aromatic carbocycles. The van der Waals surface area contributed by atoms with Gasteiger partial charge in [-0.3, -0.25) is 25.0 Å². The number of nitrogens with one attached hydrogen (secondary N) is 4. The first-order valence-corrected chi connectivity index (χ1v) is 7.12. The number of aromatic amines is 1. The number of rotatable bonds is 1. The van der Waals surface area contributed by atoms with E-state index < -0.39 is 23.8 Å². The summed E-state index contributed by atoms with van der Waals surface area (Å²) in [5.41, 5.74) is -0.505. The minimum Gasteiger partial charge on any atom is -0.354 e. The first-order valence-electron chi connectivity index (χ1n) is 7.12. The molecule has 1 aliphatic heterocycles. The van der Waals surface area contributed by atoms with Gasteiger partial charge in [-0.2, -0.15) is 5.26 Å². The Bertz CT molecular complexity index is 1100. The molecule has 9 heteroatoms. The fraction of sp³-hybridized carbons (Fsp3) is 0.0625. The van der Waals surface area contributed by atoms with Gasteiger partial charge in [-0.15, -0.1) is 0 Å². The number of nitriles is 1. The molecule has 4 N–H and O–H groups in total. The van der Waals surface area contributed by atoms with Crippen LogP contribution < -0.4 is 26.6 Å². The lowest BCUT2D eigenvalue weighted by Gasteiger charge is -2.13. The van der Waals surface area contributed by atoms with Gasteiger partial charge < -0.3 is 10.3 Å². The van der Waals surface area contributed by atoms with Crippen molar-refractivity contribution in [2.45, 2.75) is 0 Å². The quantitative estimate of drug-likeness (QED) is 0.481.